The van der Waals surface area contributed by atoms with Crippen LogP contribution in [0.3, 0.4) is 0 Å². The Bertz CT molecular complexity index is 1490. The lowest BCUT2D eigenvalue weighted by Crippen LogP contribution is -2.50. The van der Waals surface area contributed by atoms with Crippen LogP contribution in [0, 0.1) is 28.5 Å². The van der Waals surface area contributed by atoms with Crippen molar-refractivity contribution in [3.63, 3.8) is 0 Å². The predicted octanol–water partition coefficient (Wildman–Crippen LogP) is 2.74. The summed E-state index contributed by atoms with van der Waals surface area (Å²) in [6, 6.07) is 9.74. The molecule has 1 saturated heterocycles. The minimum absolute atomic E-state index is 0.0323. The molecule has 1 aliphatic rings. The second kappa shape index (κ2) is 9.94. The molecule has 1 aromatic carbocycles. The Morgan fingerprint density at radius 2 is 2.00 bits per heavy atom. The van der Waals surface area contributed by atoms with Gasteiger partial charge in [-0.25, -0.2) is 14.4 Å². The van der Waals surface area contributed by atoms with Crippen LogP contribution >= 0.6 is 0 Å². The summed E-state index contributed by atoms with van der Waals surface area (Å²) in [6.45, 7) is 2.65. The van der Waals surface area contributed by atoms with Crippen LogP contribution in [-0.2, 0) is 0 Å². The third kappa shape index (κ3) is 4.52. The van der Waals surface area contributed by atoms with Crippen molar-refractivity contribution in [1.82, 2.24) is 34.5 Å². The van der Waals surface area contributed by atoms with Crippen LogP contribution < -0.4 is 0 Å². The fourth-order valence-corrected chi connectivity index (χ4v) is 4.47. The summed E-state index contributed by atoms with van der Waals surface area (Å²) in [5, 5.41) is 23.7. The molecule has 0 spiro atoms. The van der Waals surface area contributed by atoms with Crippen LogP contribution in [0.2, 0.25) is 0 Å². The zero-order valence-corrected chi connectivity index (χ0v) is 19.3. The molecule has 4 heterocycles. The Hall–Kier alpha value is -4.61. The number of hydrogen-bond acceptors (Lipinski definition) is 7. The van der Waals surface area contributed by atoms with Crippen molar-refractivity contribution in [3.05, 3.63) is 66.1 Å². The summed E-state index contributed by atoms with van der Waals surface area (Å²) >= 11 is 0. The zero-order valence-electron chi connectivity index (χ0n) is 19.3. The van der Waals surface area contributed by atoms with Crippen LogP contribution in [0.25, 0.3) is 22.3 Å². The monoisotopic (exact) mass is 483 g/mol. The van der Waals surface area contributed by atoms with E-state index in [1.165, 1.54) is 18.5 Å². The number of aromatic amines is 1. The number of carbonyl (C=O) groups is 1. The molecule has 0 saturated carbocycles. The van der Waals surface area contributed by atoms with Gasteiger partial charge in [-0.15, -0.1) is 0 Å². The number of hydrogen-bond donors (Lipinski definition) is 1. The summed E-state index contributed by atoms with van der Waals surface area (Å²) in [6.07, 6.45) is 7.22. The number of nitrogens with zero attached hydrogens (tertiary/aromatic N) is 8. The highest BCUT2D eigenvalue weighted by atomic mass is 19.1. The molecular weight excluding hydrogens is 461 g/mol. The molecule has 3 aromatic heterocycles. The number of aromatic nitrogens is 5. The minimum atomic E-state index is -0.689. The van der Waals surface area contributed by atoms with E-state index in [1.807, 2.05) is 24.5 Å². The Labute approximate surface area is 206 Å². The maximum absolute atomic E-state index is 14.3. The maximum atomic E-state index is 14.3. The summed E-state index contributed by atoms with van der Waals surface area (Å²) in [4.78, 5) is 28.3. The van der Waals surface area contributed by atoms with Gasteiger partial charge in [0.25, 0.3) is 5.91 Å². The lowest BCUT2D eigenvalue weighted by atomic mass is 10.1. The molecule has 0 aliphatic carbocycles. The minimum Gasteiger partial charge on any atom is -0.346 e. The fraction of sp³-hybridized carbons (Fsp3) is 0.280. The van der Waals surface area contributed by atoms with Crippen LogP contribution in [0.15, 0.2) is 49.2 Å². The van der Waals surface area contributed by atoms with Gasteiger partial charge in [-0.05, 0) is 24.3 Å². The molecule has 1 atom stereocenters. The van der Waals surface area contributed by atoms with E-state index in [9.17, 15) is 14.4 Å². The number of halogens is 1. The topological polar surface area (TPSA) is 131 Å². The quantitative estimate of drug-likeness (QED) is 0.446. The standard InChI is InChI=1S/C25H22FN9O/c26-22-11-17(12-28)1-2-20(22)25(36)34-9-7-33(8-10-34)15-19(3-5-27)35-14-18(13-32-35)23-21-4-6-29-24(21)31-16-30-23/h1-2,4,6,11,13-14,16,19H,3,7-10,15H2,(H,29,30,31)/t19-/m1/s1. The van der Waals surface area contributed by atoms with E-state index in [4.69, 9.17) is 5.26 Å². The van der Waals surface area contributed by atoms with E-state index >= 15 is 0 Å². The Kier molecular flexibility index (Phi) is 6.39. The molecule has 0 bridgehead atoms. The third-order valence-corrected chi connectivity index (χ3v) is 6.39. The molecule has 4 aromatic rings. The van der Waals surface area contributed by atoms with Crippen molar-refractivity contribution in [1.29, 1.82) is 10.5 Å². The summed E-state index contributed by atoms with van der Waals surface area (Å²) < 4.78 is 16.1. The molecule has 10 nitrogen and oxygen atoms in total. The van der Waals surface area contributed by atoms with Gasteiger partial charge in [0.15, 0.2) is 0 Å². The second-order valence-corrected chi connectivity index (χ2v) is 8.59. The highest BCUT2D eigenvalue weighted by molar-refractivity contribution is 5.94. The molecule has 36 heavy (non-hydrogen) atoms. The Balaban J connectivity index is 1.25. The van der Waals surface area contributed by atoms with Crippen molar-refractivity contribution in [2.75, 3.05) is 32.7 Å². The van der Waals surface area contributed by atoms with Crippen LogP contribution in [0.4, 0.5) is 4.39 Å². The molecule has 1 fully saturated rings. The molecule has 180 valence electrons. The van der Waals surface area contributed by atoms with Gasteiger partial charge in [-0.3, -0.25) is 14.4 Å². The van der Waals surface area contributed by atoms with E-state index < -0.39 is 5.82 Å². The van der Waals surface area contributed by atoms with Gasteiger partial charge in [-0.2, -0.15) is 15.6 Å². The normalized spacial score (nSPS) is 14.9. The predicted molar refractivity (Wildman–Crippen MR) is 128 cm³/mol. The average Bonchev–Trinajstić information content (AvgIpc) is 3.58. The Morgan fingerprint density at radius 3 is 2.75 bits per heavy atom. The molecule has 1 N–H and O–H groups in total. The number of carbonyl (C=O) groups excluding carboxylic acids is 1. The average molecular weight is 484 g/mol. The molecule has 1 amide bonds. The number of amides is 1. The maximum Gasteiger partial charge on any atom is 0.256 e. The first-order chi connectivity index (χ1) is 17.6. The van der Waals surface area contributed by atoms with Crippen molar-refractivity contribution >= 4 is 16.9 Å². The summed E-state index contributed by atoms with van der Waals surface area (Å²) in [7, 11) is 0. The van der Waals surface area contributed by atoms with Gasteiger partial charge in [0.1, 0.15) is 17.8 Å². The SMILES string of the molecule is N#CC[C@H](CN1CCN(C(=O)c2ccc(C#N)cc2F)CC1)n1cc(-c2ncnc3[nH]ccc23)cn1. The third-order valence-electron chi connectivity index (χ3n) is 6.39. The summed E-state index contributed by atoms with van der Waals surface area (Å²) in [5.41, 5.74) is 2.50. The van der Waals surface area contributed by atoms with E-state index in [0.29, 0.717) is 32.7 Å². The molecule has 1 aliphatic heterocycles. The number of nitriles is 2. The zero-order chi connectivity index (χ0) is 25.1. The van der Waals surface area contributed by atoms with E-state index in [0.717, 1.165) is 28.4 Å². The summed E-state index contributed by atoms with van der Waals surface area (Å²) in [5.74, 6) is -1.08. The molecule has 11 heteroatoms. The molecule has 0 unspecified atom stereocenters. The highest BCUT2D eigenvalue weighted by Gasteiger charge is 2.26. The van der Waals surface area contributed by atoms with Crippen molar-refractivity contribution < 1.29 is 9.18 Å². The number of rotatable bonds is 6. The highest BCUT2D eigenvalue weighted by Crippen LogP contribution is 2.26. The molecular formula is C25H22FN9O. The number of benzene rings is 1. The second-order valence-electron chi connectivity index (χ2n) is 8.59. The van der Waals surface area contributed by atoms with E-state index in [-0.39, 0.29) is 29.5 Å². The van der Waals surface area contributed by atoms with Crippen LogP contribution in [0.1, 0.15) is 28.4 Å². The lowest BCUT2D eigenvalue weighted by Gasteiger charge is -2.36. The van der Waals surface area contributed by atoms with Gasteiger partial charge in [0, 0.05) is 56.1 Å². The molecule has 5 rings (SSSR count). The van der Waals surface area contributed by atoms with Gasteiger partial charge in [-0.1, -0.05) is 0 Å². The lowest BCUT2D eigenvalue weighted by molar-refractivity contribution is 0.0613. The Morgan fingerprint density at radius 1 is 1.17 bits per heavy atom. The van der Waals surface area contributed by atoms with Gasteiger partial charge in [0.2, 0.25) is 0 Å². The van der Waals surface area contributed by atoms with Gasteiger partial charge >= 0.3 is 0 Å². The van der Waals surface area contributed by atoms with E-state index in [1.54, 1.807) is 15.8 Å². The van der Waals surface area contributed by atoms with Crippen LogP contribution in [0.5, 0.6) is 0 Å². The first kappa shape index (κ1) is 23.1. The first-order valence-corrected chi connectivity index (χ1v) is 11.5. The number of fused-ring (bicyclic) bond motifs is 1. The van der Waals surface area contributed by atoms with Crippen molar-refractivity contribution in [2.45, 2.75) is 12.5 Å². The smallest absolute Gasteiger partial charge is 0.256 e. The van der Waals surface area contributed by atoms with Crippen molar-refractivity contribution in [2.24, 2.45) is 0 Å². The first-order valence-electron chi connectivity index (χ1n) is 11.5. The number of piperazine rings is 1. The fourth-order valence-electron chi connectivity index (χ4n) is 4.47. The van der Waals surface area contributed by atoms with Gasteiger partial charge < -0.3 is 9.88 Å². The van der Waals surface area contributed by atoms with E-state index in [2.05, 4.69) is 31.0 Å². The number of H-pyrrole nitrogens is 1. The van der Waals surface area contributed by atoms with Crippen LogP contribution in [-0.4, -0.2) is 73.2 Å². The molecule has 0 radical (unpaired) electrons. The largest absolute Gasteiger partial charge is 0.346 e. The van der Waals surface area contributed by atoms with Gasteiger partial charge in [0.05, 0.1) is 47.6 Å². The van der Waals surface area contributed by atoms with Crippen molar-refractivity contribution in [3.8, 4) is 23.4 Å². The number of nitrogens with one attached hydrogen (secondary N) is 1.